The number of amides is 3. The molecule has 2 aliphatic rings. The Morgan fingerprint density at radius 3 is 2.10 bits per heavy atom. The molecule has 1 aromatic rings. The van der Waals surface area contributed by atoms with Crippen LogP contribution in [-0.4, -0.2) is 60.2 Å². The second-order valence-corrected chi connectivity index (χ2v) is 9.40. The third-order valence-corrected chi connectivity index (χ3v) is 5.99. The Morgan fingerprint density at radius 2 is 1.61 bits per heavy atom. The first kappa shape index (κ1) is 24.9. The lowest BCUT2D eigenvalue weighted by molar-refractivity contribution is -0.141. The quantitative estimate of drug-likeness (QED) is 0.702. The fraction of sp³-hybridized carbons (Fsp3) is 0.625. The molecule has 0 spiro atoms. The van der Waals surface area contributed by atoms with Gasteiger partial charge in [0.1, 0.15) is 6.04 Å². The van der Waals surface area contributed by atoms with Crippen molar-refractivity contribution in [3.63, 3.8) is 0 Å². The fourth-order valence-electron chi connectivity index (χ4n) is 4.27. The predicted octanol–water partition coefficient (Wildman–Crippen LogP) is 2.47. The van der Waals surface area contributed by atoms with Gasteiger partial charge in [0.2, 0.25) is 18.2 Å². The number of carbonyl (C=O) groups excluding carboxylic acids is 3. The van der Waals surface area contributed by atoms with Crippen molar-refractivity contribution in [3.8, 4) is 0 Å². The van der Waals surface area contributed by atoms with E-state index in [-0.39, 0.29) is 5.41 Å². The zero-order chi connectivity index (χ0) is 22.9. The van der Waals surface area contributed by atoms with Gasteiger partial charge in [0.05, 0.1) is 0 Å². The van der Waals surface area contributed by atoms with Crippen molar-refractivity contribution in [2.75, 3.05) is 26.2 Å². The average molecular weight is 431 g/mol. The molecule has 7 nitrogen and oxygen atoms in total. The van der Waals surface area contributed by atoms with Gasteiger partial charge < -0.3 is 16.0 Å². The summed E-state index contributed by atoms with van der Waals surface area (Å²) < 4.78 is 0. The Bertz CT molecular complexity index is 703. The van der Waals surface area contributed by atoms with E-state index in [1.165, 1.54) is 32.1 Å². The normalized spacial score (nSPS) is 19.0. The summed E-state index contributed by atoms with van der Waals surface area (Å²) in [7, 11) is 0. The second-order valence-electron chi connectivity index (χ2n) is 9.40. The first-order chi connectivity index (χ1) is 14.7. The van der Waals surface area contributed by atoms with Crippen molar-refractivity contribution in [1.82, 2.24) is 15.1 Å². The van der Waals surface area contributed by atoms with Gasteiger partial charge >= 0.3 is 0 Å². The molecule has 1 aliphatic heterocycles. The van der Waals surface area contributed by atoms with Crippen LogP contribution in [0, 0.1) is 5.41 Å². The average Bonchev–Trinajstić information content (AvgIpc) is 2.78. The van der Waals surface area contributed by atoms with Gasteiger partial charge in [-0.25, -0.2) is 0 Å². The molecule has 1 saturated heterocycles. The number of carbonyl (C=O) groups is 3. The van der Waals surface area contributed by atoms with E-state index in [1.54, 1.807) is 24.3 Å². The first-order valence-electron chi connectivity index (χ1n) is 11.3. The first-order valence-corrected chi connectivity index (χ1v) is 11.3. The number of nitrogens with zero attached hydrogens (tertiary/aromatic N) is 2. The molecule has 3 amide bonds. The van der Waals surface area contributed by atoms with Gasteiger partial charge in [-0.05, 0) is 18.4 Å². The molecule has 1 heterocycles. The van der Waals surface area contributed by atoms with Crippen LogP contribution in [0.3, 0.4) is 0 Å². The SMILES string of the molecule is CC(C)(C)C(=O)N1CCN(C2CCCCC2)CC1.NC(=O)C(NC=O)c1ccccc1. The van der Waals surface area contributed by atoms with Crippen molar-refractivity contribution in [3.05, 3.63) is 35.9 Å². The second kappa shape index (κ2) is 11.8. The van der Waals surface area contributed by atoms with E-state index in [4.69, 9.17) is 5.73 Å². The molecule has 0 radical (unpaired) electrons. The van der Waals surface area contributed by atoms with Crippen LogP contribution in [0.2, 0.25) is 0 Å². The molecule has 0 aromatic heterocycles. The summed E-state index contributed by atoms with van der Waals surface area (Å²) in [6, 6.07) is 8.89. The van der Waals surface area contributed by atoms with Crippen LogP contribution >= 0.6 is 0 Å². The highest BCUT2D eigenvalue weighted by atomic mass is 16.2. The summed E-state index contributed by atoms with van der Waals surface area (Å²) in [5, 5.41) is 2.34. The van der Waals surface area contributed by atoms with Crippen LogP contribution in [0.15, 0.2) is 30.3 Å². The number of piperazine rings is 1. The highest BCUT2D eigenvalue weighted by Gasteiger charge is 2.31. The van der Waals surface area contributed by atoms with Gasteiger partial charge in [-0.3, -0.25) is 19.3 Å². The molecule has 3 rings (SSSR count). The molecule has 1 unspecified atom stereocenters. The van der Waals surface area contributed by atoms with Gasteiger partial charge in [-0.15, -0.1) is 0 Å². The molecule has 7 heteroatoms. The zero-order valence-corrected chi connectivity index (χ0v) is 19.2. The monoisotopic (exact) mass is 430 g/mol. The maximum absolute atomic E-state index is 12.2. The molecule has 1 saturated carbocycles. The van der Waals surface area contributed by atoms with Gasteiger partial charge in [-0.2, -0.15) is 0 Å². The van der Waals surface area contributed by atoms with Crippen molar-refractivity contribution in [2.45, 2.75) is 65.0 Å². The van der Waals surface area contributed by atoms with Crippen molar-refractivity contribution in [2.24, 2.45) is 11.1 Å². The number of benzene rings is 1. The van der Waals surface area contributed by atoms with Crippen molar-refractivity contribution in [1.29, 1.82) is 0 Å². The third kappa shape index (κ3) is 7.65. The molecule has 3 N–H and O–H groups in total. The minimum absolute atomic E-state index is 0.229. The molecule has 31 heavy (non-hydrogen) atoms. The predicted molar refractivity (Wildman–Crippen MR) is 122 cm³/mol. The van der Waals surface area contributed by atoms with Crippen LogP contribution in [0.25, 0.3) is 0 Å². The fourth-order valence-corrected chi connectivity index (χ4v) is 4.27. The Kier molecular flexibility index (Phi) is 9.49. The lowest BCUT2D eigenvalue weighted by Crippen LogP contribution is -2.54. The molecule has 2 fully saturated rings. The van der Waals surface area contributed by atoms with Crippen LogP contribution < -0.4 is 11.1 Å². The number of rotatable bonds is 5. The molecule has 1 aromatic carbocycles. The Hall–Kier alpha value is -2.41. The van der Waals surface area contributed by atoms with Crippen molar-refractivity contribution >= 4 is 18.2 Å². The van der Waals surface area contributed by atoms with Gasteiger partial charge in [0.25, 0.3) is 0 Å². The summed E-state index contributed by atoms with van der Waals surface area (Å²) >= 11 is 0. The van der Waals surface area contributed by atoms with E-state index in [2.05, 4.69) is 15.1 Å². The number of primary amides is 1. The lowest BCUT2D eigenvalue weighted by Gasteiger charge is -2.42. The standard InChI is InChI=1S/C15H28N2O.C9H10N2O2/c1-15(2,3)14(18)17-11-9-16(10-12-17)13-7-5-4-6-8-13;10-9(13)8(11-6-12)7-4-2-1-3-5-7/h13H,4-12H2,1-3H3;1-6,8H,(H2,10,13)(H,11,12). The maximum atomic E-state index is 12.2. The van der Waals surface area contributed by atoms with Crippen LogP contribution in [0.5, 0.6) is 0 Å². The van der Waals surface area contributed by atoms with Gasteiger partial charge in [-0.1, -0.05) is 70.4 Å². The van der Waals surface area contributed by atoms with E-state index in [9.17, 15) is 14.4 Å². The maximum Gasteiger partial charge on any atom is 0.244 e. The van der Waals surface area contributed by atoms with Crippen molar-refractivity contribution < 1.29 is 14.4 Å². The van der Waals surface area contributed by atoms with Crippen LogP contribution in [-0.2, 0) is 14.4 Å². The van der Waals surface area contributed by atoms with E-state index in [0.29, 0.717) is 17.9 Å². The topological polar surface area (TPSA) is 95.7 Å². The number of hydrogen-bond donors (Lipinski definition) is 2. The lowest BCUT2D eigenvalue weighted by atomic mass is 9.92. The molecular weight excluding hydrogens is 392 g/mol. The van der Waals surface area contributed by atoms with E-state index >= 15 is 0 Å². The van der Waals surface area contributed by atoms with E-state index in [1.807, 2.05) is 26.8 Å². The zero-order valence-electron chi connectivity index (χ0n) is 19.2. The van der Waals surface area contributed by atoms with Gasteiger partial charge in [0.15, 0.2) is 0 Å². The van der Waals surface area contributed by atoms with E-state index in [0.717, 1.165) is 32.2 Å². The molecule has 1 atom stereocenters. The largest absolute Gasteiger partial charge is 0.368 e. The Morgan fingerprint density at radius 1 is 1.03 bits per heavy atom. The minimum atomic E-state index is -0.737. The minimum Gasteiger partial charge on any atom is -0.368 e. The molecule has 1 aliphatic carbocycles. The summed E-state index contributed by atoms with van der Waals surface area (Å²) in [5.41, 5.74) is 5.55. The summed E-state index contributed by atoms with van der Waals surface area (Å²) in [5.74, 6) is -0.260. The molecule has 172 valence electrons. The van der Waals surface area contributed by atoms with Crippen LogP contribution in [0.4, 0.5) is 0 Å². The number of nitrogens with two attached hydrogens (primary N) is 1. The number of hydrogen-bond acceptors (Lipinski definition) is 4. The molecular formula is C24H38N4O3. The molecule has 0 bridgehead atoms. The summed E-state index contributed by atoms with van der Waals surface area (Å²) in [6.45, 7) is 10.0. The van der Waals surface area contributed by atoms with Crippen LogP contribution in [0.1, 0.15) is 64.5 Å². The highest BCUT2D eigenvalue weighted by Crippen LogP contribution is 2.25. The summed E-state index contributed by atoms with van der Waals surface area (Å²) in [4.78, 5) is 37.9. The Labute approximate surface area is 186 Å². The highest BCUT2D eigenvalue weighted by molar-refractivity contribution is 5.83. The summed E-state index contributed by atoms with van der Waals surface area (Å²) in [6.07, 6.45) is 7.40. The smallest absolute Gasteiger partial charge is 0.244 e. The van der Waals surface area contributed by atoms with E-state index < -0.39 is 11.9 Å². The van der Waals surface area contributed by atoms with Gasteiger partial charge in [0, 0.05) is 37.6 Å². The number of nitrogens with one attached hydrogen (secondary N) is 1. The third-order valence-electron chi connectivity index (χ3n) is 5.99. The Balaban J connectivity index is 0.000000233.